The molecule has 1 spiro atoms. The number of ether oxygens (including phenoxy) is 1. The number of rotatable bonds is 1. The van der Waals surface area contributed by atoms with Gasteiger partial charge in [-0.05, 0) is 32.8 Å². The summed E-state index contributed by atoms with van der Waals surface area (Å²) in [4.78, 5) is 0. The van der Waals surface area contributed by atoms with E-state index in [4.69, 9.17) is 9.15 Å². The van der Waals surface area contributed by atoms with Gasteiger partial charge in [0.15, 0.2) is 0 Å². The largest absolute Gasteiger partial charge is 0.466 e. The van der Waals surface area contributed by atoms with Crippen LogP contribution in [0.25, 0.3) is 0 Å². The van der Waals surface area contributed by atoms with Gasteiger partial charge in [-0.3, -0.25) is 0 Å². The van der Waals surface area contributed by atoms with Crippen LogP contribution < -0.4 is 5.32 Å². The second kappa shape index (κ2) is 4.71. The topological polar surface area (TPSA) is 34.4 Å². The molecule has 0 bridgehead atoms. The van der Waals surface area contributed by atoms with Gasteiger partial charge in [-0.15, -0.1) is 0 Å². The van der Waals surface area contributed by atoms with Crippen molar-refractivity contribution in [2.24, 2.45) is 5.41 Å². The van der Waals surface area contributed by atoms with Crippen molar-refractivity contribution in [1.29, 1.82) is 0 Å². The molecule has 100 valence electrons. The quantitative estimate of drug-likeness (QED) is 0.830. The predicted octanol–water partition coefficient (Wildman–Crippen LogP) is 3.12. The SMILES string of the molecule is Cc1cc(C2CNCC3(CCCC3)CO2)c(C)o1. The number of aryl methyl sites for hydroxylation is 2. The van der Waals surface area contributed by atoms with Crippen LogP contribution in [0.2, 0.25) is 0 Å². The minimum Gasteiger partial charge on any atom is -0.466 e. The first-order valence-corrected chi connectivity index (χ1v) is 7.08. The van der Waals surface area contributed by atoms with E-state index in [1.54, 1.807) is 0 Å². The standard InChI is InChI=1S/C15H23NO2/c1-11-7-13(12(2)18-11)14-8-16-9-15(10-17-14)5-3-4-6-15/h7,14,16H,3-6,8-10H2,1-2H3. The van der Waals surface area contributed by atoms with E-state index in [0.717, 1.165) is 31.2 Å². The Labute approximate surface area is 109 Å². The monoisotopic (exact) mass is 249 g/mol. The van der Waals surface area contributed by atoms with E-state index in [2.05, 4.69) is 11.4 Å². The number of hydrogen-bond acceptors (Lipinski definition) is 3. The van der Waals surface area contributed by atoms with E-state index in [1.165, 1.54) is 31.2 Å². The highest BCUT2D eigenvalue weighted by Gasteiger charge is 2.37. The van der Waals surface area contributed by atoms with Gasteiger partial charge in [-0.25, -0.2) is 0 Å². The molecule has 0 aromatic carbocycles. The van der Waals surface area contributed by atoms with Crippen molar-refractivity contribution in [1.82, 2.24) is 5.32 Å². The summed E-state index contributed by atoms with van der Waals surface area (Å²) in [6.45, 7) is 6.94. The van der Waals surface area contributed by atoms with Crippen LogP contribution in [0.15, 0.2) is 10.5 Å². The van der Waals surface area contributed by atoms with Gasteiger partial charge in [0, 0.05) is 24.1 Å². The average molecular weight is 249 g/mol. The maximum Gasteiger partial charge on any atom is 0.106 e. The Balaban J connectivity index is 1.74. The lowest BCUT2D eigenvalue weighted by Crippen LogP contribution is -2.32. The van der Waals surface area contributed by atoms with Crippen molar-refractivity contribution in [2.75, 3.05) is 19.7 Å². The molecule has 1 aromatic heterocycles. The summed E-state index contributed by atoms with van der Waals surface area (Å²) < 4.78 is 11.8. The Morgan fingerprint density at radius 1 is 1.28 bits per heavy atom. The summed E-state index contributed by atoms with van der Waals surface area (Å²) in [6.07, 6.45) is 5.51. The lowest BCUT2D eigenvalue weighted by Gasteiger charge is -2.26. The molecule has 1 atom stereocenters. The van der Waals surface area contributed by atoms with Crippen molar-refractivity contribution in [2.45, 2.75) is 45.6 Å². The minimum atomic E-state index is 0.155. The third-order valence-electron chi connectivity index (χ3n) is 4.51. The summed E-state index contributed by atoms with van der Waals surface area (Å²) in [6, 6.07) is 2.12. The summed E-state index contributed by atoms with van der Waals surface area (Å²) in [5.41, 5.74) is 1.62. The van der Waals surface area contributed by atoms with Crippen LogP contribution in [0.1, 0.15) is 48.9 Å². The van der Waals surface area contributed by atoms with Gasteiger partial charge in [0.2, 0.25) is 0 Å². The van der Waals surface area contributed by atoms with Crippen LogP contribution in [-0.2, 0) is 4.74 Å². The highest BCUT2D eigenvalue weighted by molar-refractivity contribution is 5.23. The molecule has 2 heterocycles. The maximum absolute atomic E-state index is 6.20. The van der Waals surface area contributed by atoms with Gasteiger partial charge in [-0.1, -0.05) is 12.8 Å². The predicted molar refractivity (Wildman–Crippen MR) is 70.6 cm³/mol. The van der Waals surface area contributed by atoms with E-state index in [-0.39, 0.29) is 6.10 Å². The van der Waals surface area contributed by atoms with E-state index in [9.17, 15) is 0 Å². The van der Waals surface area contributed by atoms with Gasteiger partial charge < -0.3 is 14.5 Å². The van der Waals surface area contributed by atoms with Crippen LogP contribution in [0, 0.1) is 19.3 Å². The van der Waals surface area contributed by atoms with Crippen LogP contribution in [0.3, 0.4) is 0 Å². The van der Waals surface area contributed by atoms with Gasteiger partial charge in [0.1, 0.15) is 11.5 Å². The molecule has 3 nitrogen and oxygen atoms in total. The molecule has 1 aliphatic carbocycles. The van der Waals surface area contributed by atoms with Gasteiger partial charge in [0.05, 0.1) is 12.7 Å². The smallest absolute Gasteiger partial charge is 0.106 e. The van der Waals surface area contributed by atoms with Gasteiger partial charge >= 0.3 is 0 Å². The molecule has 1 saturated heterocycles. The molecule has 1 aliphatic heterocycles. The van der Waals surface area contributed by atoms with Crippen molar-refractivity contribution in [3.8, 4) is 0 Å². The number of furan rings is 1. The molecule has 0 amide bonds. The van der Waals surface area contributed by atoms with E-state index in [0.29, 0.717) is 5.41 Å². The summed E-state index contributed by atoms with van der Waals surface area (Å²) in [7, 11) is 0. The van der Waals surface area contributed by atoms with Crippen molar-refractivity contribution >= 4 is 0 Å². The molecule has 1 N–H and O–H groups in total. The van der Waals surface area contributed by atoms with E-state index < -0.39 is 0 Å². The molecular weight excluding hydrogens is 226 g/mol. The van der Waals surface area contributed by atoms with Crippen LogP contribution >= 0.6 is 0 Å². The highest BCUT2D eigenvalue weighted by atomic mass is 16.5. The van der Waals surface area contributed by atoms with Crippen LogP contribution in [-0.4, -0.2) is 19.7 Å². The number of nitrogens with one attached hydrogen (secondary N) is 1. The Bertz CT molecular complexity index is 418. The second-order valence-electron chi connectivity index (χ2n) is 6.01. The Hall–Kier alpha value is -0.800. The zero-order chi connectivity index (χ0) is 12.6. The van der Waals surface area contributed by atoms with E-state index >= 15 is 0 Å². The minimum absolute atomic E-state index is 0.155. The van der Waals surface area contributed by atoms with E-state index in [1.807, 2.05) is 13.8 Å². The summed E-state index contributed by atoms with van der Waals surface area (Å²) >= 11 is 0. The molecule has 1 aromatic rings. The molecule has 3 heteroatoms. The molecule has 2 aliphatic rings. The highest BCUT2D eigenvalue weighted by Crippen LogP contribution is 2.40. The zero-order valence-corrected chi connectivity index (χ0v) is 11.4. The molecule has 1 unspecified atom stereocenters. The second-order valence-corrected chi connectivity index (χ2v) is 6.01. The fourth-order valence-electron chi connectivity index (χ4n) is 3.47. The van der Waals surface area contributed by atoms with Crippen LogP contribution in [0.4, 0.5) is 0 Å². The fraction of sp³-hybridized carbons (Fsp3) is 0.733. The summed E-state index contributed by atoms with van der Waals surface area (Å²) in [5, 5.41) is 3.60. The Morgan fingerprint density at radius 3 is 2.72 bits per heavy atom. The van der Waals surface area contributed by atoms with Gasteiger partial charge in [0.25, 0.3) is 0 Å². The maximum atomic E-state index is 6.20. The Morgan fingerprint density at radius 2 is 2.06 bits per heavy atom. The average Bonchev–Trinajstić information content (AvgIpc) is 2.84. The lowest BCUT2D eigenvalue weighted by molar-refractivity contribution is 0.0152. The first-order valence-electron chi connectivity index (χ1n) is 7.08. The number of hydrogen-bond donors (Lipinski definition) is 1. The fourth-order valence-corrected chi connectivity index (χ4v) is 3.47. The third-order valence-corrected chi connectivity index (χ3v) is 4.51. The molecule has 3 rings (SSSR count). The molecule has 18 heavy (non-hydrogen) atoms. The molecule has 0 radical (unpaired) electrons. The molecule has 2 fully saturated rings. The summed E-state index contributed by atoms with van der Waals surface area (Å²) in [5.74, 6) is 1.98. The van der Waals surface area contributed by atoms with Gasteiger partial charge in [-0.2, -0.15) is 0 Å². The third kappa shape index (κ3) is 2.21. The molecule has 1 saturated carbocycles. The zero-order valence-electron chi connectivity index (χ0n) is 11.4. The van der Waals surface area contributed by atoms with Crippen molar-refractivity contribution < 1.29 is 9.15 Å². The first-order chi connectivity index (χ1) is 8.69. The lowest BCUT2D eigenvalue weighted by atomic mass is 9.87. The van der Waals surface area contributed by atoms with Crippen molar-refractivity contribution in [3.63, 3.8) is 0 Å². The molecular formula is C15H23NO2. The normalized spacial score (nSPS) is 27.6. The van der Waals surface area contributed by atoms with Crippen LogP contribution in [0.5, 0.6) is 0 Å². The first kappa shape index (κ1) is 12.2. The Kier molecular flexibility index (Phi) is 3.20. The van der Waals surface area contributed by atoms with Crippen molar-refractivity contribution in [3.05, 3.63) is 23.2 Å².